The highest BCUT2D eigenvalue weighted by Crippen LogP contribution is 2.29. The van der Waals surface area contributed by atoms with E-state index in [1.807, 2.05) is 0 Å². The standard InChI is InChI=1S/C26H37N3S/c1-5-16-28-17-10-12-23-18-21(14-15-25(23)28)19-29(20(4)6-2)26(30)27-24-13-9-8-11-22(24)7-3/h8-9,11,13-15,18,20H,5-7,10,12,16-17,19H2,1-4H3,(H,27,30)/t20-/m0/s1. The molecule has 1 aliphatic rings. The summed E-state index contributed by atoms with van der Waals surface area (Å²) < 4.78 is 0. The molecule has 0 unspecified atom stereocenters. The third-order valence-electron chi connectivity index (χ3n) is 6.23. The normalized spacial score (nSPS) is 14.2. The molecule has 2 aromatic rings. The highest BCUT2D eigenvalue weighted by atomic mass is 32.1. The number of aryl methyl sites for hydroxylation is 2. The molecule has 162 valence electrons. The molecule has 0 saturated carbocycles. The van der Waals surface area contributed by atoms with Crippen LogP contribution >= 0.6 is 12.2 Å². The maximum absolute atomic E-state index is 5.89. The number of hydrogen-bond acceptors (Lipinski definition) is 2. The van der Waals surface area contributed by atoms with Gasteiger partial charge in [-0.1, -0.05) is 51.1 Å². The van der Waals surface area contributed by atoms with Gasteiger partial charge in [0.05, 0.1) is 0 Å². The first kappa shape index (κ1) is 22.6. The summed E-state index contributed by atoms with van der Waals surface area (Å²) in [6, 6.07) is 15.9. The number of thiocarbonyl (C=S) groups is 1. The lowest BCUT2D eigenvalue weighted by molar-refractivity contribution is 0.319. The molecule has 1 N–H and O–H groups in total. The number of fused-ring (bicyclic) bond motifs is 1. The monoisotopic (exact) mass is 423 g/mol. The van der Waals surface area contributed by atoms with Crippen LogP contribution in [0.2, 0.25) is 0 Å². The second kappa shape index (κ2) is 10.8. The van der Waals surface area contributed by atoms with Crippen LogP contribution in [0.5, 0.6) is 0 Å². The van der Waals surface area contributed by atoms with Gasteiger partial charge in [-0.2, -0.15) is 0 Å². The van der Waals surface area contributed by atoms with Crippen LogP contribution in [-0.4, -0.2) is 29.1 Å². The number of nitrogens with zero attached hydrogens (tertiary/aromatic N) is 2. The van der Waals surface area contributed by atoms with Crippen molar-refractivity contribution in [1.82, 2.24) is 4.90 Å². The molecule has 4 heteroatoms. The summed E-state index contributed by atoms with van der Waals surface area (Å²) in [7, 11) is 0. The molecule has 30 heavy (non-hydrogen) atoms. The van der Waals surface area contributed by atoms with Crippen LogP contribution in [0, 0.1) is 0 Å². The van der Waals surface area contributed by atoms with E-state index in [9.17, 15) is 0 Å². The average molecular weight is 424 g/mol. The first-order valence-corrected chi connectivity index (χ1v) is 12.0. The minimum absolute atomic E-state index is 0.381. The number of para-hydroxylation sites is 1. The summed E-state index contributed by atoms with van der Waals surface area (Å²) in [5.74, 6) is 0. The van der Waals surface area contributed by atoms with Crippen LogP contribution in [0.1, 0.15) is 63.6 Å². The smallest absolute Gasteiger partial charge is 0.173 e. The van der Waals surface area contributed by atoms with E-state index >= 15 is 0 Å². The fourth-order valence-corrected chi connectivity index (χ4v) is 4.67. The fourth-order valence-electron chi connectivity index (χ4n) is 4.31. The Morgan fingerprint density at radius 2 is 1.97 bits per heavy atom. The Labute approximate surface area is 188 Å². The van der Waals surface area contributed by atoms with E-state index in [1.54, 1.807) is 0 Å². The average Bonchev–Trinajstić information content (AvgIpc) is 2.77. The molecule has 0 aliphatic carbocycles. The van der Waals surface area contributed by atoms with Crippen molar-refractivity contribution in [3.8, 4) is 0 Å². The van der Waals surface area contributed by atoms with E-state index in [1.165, 1.54) is 48.2 Å². The van der Waals surface area contributed by atoms with E-state index in [4.69, 9.17) is 12.2 Å². The Morgan fingerprint density at radius 3 is 2.70 bits per heavy atom. The number of benzene rings is 2. The van der Waals surface area contributed by atoms with Crippen LogP contribution in [-0.2, 0) is 19.4 Å². The number of hydrogen-bond donors (Lipinski definition) is 1. The fraction of sp³-hybridized carbons (Fsp3) is 0.500. The Bertz CT molecular complexity index is 848. The second-order valence-electron chi connectivity index (χ2n) is 8.38. The van der Waals surface area contributed by atoms with Crippen LogP contribution in [0.25, 0.3) is 0 Å². The van der Waals surface area contributed by atoms with Gasteiger partial charge in [-0.25, -0.2) is 0 Å². The molecule has 0 fully saturated rings. The molecule has 0 saturated heterocycles. The van der Waals surface area contributed by atoms with Gasteiger partial charge in [-0.05, 0) is 80.1 Å². The van der Waals surface area contributed by atoms with Crippen molar-refractivity contribution in [2.24, 2.45) is 0 Å². The molecular weight excluding hydrogens is 386 g/mol. The molecule has 1 aliphatic heterocycles. The predicted molar refractivity (Wildman–Crippen MR) is 135 cm³/mol. The van der Waals surface area contributed by atoms with Crippen molar-refractivity contribution in [3.63, 3.8) is 0 Å². The number of nitrogens with one attached hydrogen (secondary N) is 1. The van der Waals surface area contributed by atoms with Crippen LogP contribution in [0.15, 0.2) is 42.5 Å². The van der Waals surface area contributed by atoms with Gasteiger partial charge >= 0.3 is 0 Å². The summed E-state index contributed by atoms with van der Waals surface area (Å²) in [6.45, 7) is 12.1. The van der Waals surface area contributed by atoms with E-state index in [0.29, 0.717) is 6.04 Å². The molecule has 0 bridgehead atoms. The van der Waals surface area contributed by atoms with E-state index < -0.39 is 0 Å². The Morgan fingerprint density at radius 1 is 1.17 bits per heavy atom. The van der Waals surface area contributed by atoms with Gasteiger partial charge in [0.1, 0.15) is 0 Å². The quantitative estimate of drug-likeness (QED) is 0.494. The highest BCUT2D eigenvalue weighted by molar-refractivity contribution is 7.80. The zero-order valence-corrected chi connectivity index (χ0v) is 19.9. The minimum Gasteiger partial charge on any atom is -0.371 e. The molecular formula is C26H37N3S. The number of rotatable bonds is 8. The third kappa shape index (κ3) is 5.34. The van der Waals surface area contributed by atoms with Gasteiger partial charge in [-0.15, -0.1) is 0 Å². The lowest BCUT2D eigenvalue weighted by Crippen LogP contribution is -2.40. The second-order valence-corrected chi connectivity index (χ2v) is 8.77. The molecule has 2 aromatic carbocycles. The third-order valence-corrected chi connectivity index (χ3v) is 6.57. The maximum atomic E-state index is 5.89. The predicted octanol–water partition coefficient (Wildman–Crippen LogP) is 6.41. The molecule has 1 atom stereocenters. The SMILES string of the molecule is CCCN1CCCc2cc(CN(C(=S)Nc3ccccc3CC)[C@@H](C)CC)ccc21. The zero-order valence-electron chi connectivity index (χ0n) is 19.1. The van der Waals surface area contributed by atoms with Crippen LogP contribution in [0.3, 0.4) is 0 Å². The van der Waals surface area contributed by atoms with Crippen LogP contribution in [0.4, 0.5) is 11.4 Å². The lowest BCUT2D eigenvalue weighted by Gasteiger charge is -2.34. The van der Waals surface area contributed by atoms with Crippen molar-refractivity contribution in [2.45, 2.75) is 72.4 Å². The summed E-state index contributed by atoms with van der Waals surface area (Å²) in [4.78, 5) is 4.89. The summed E-state index contributed by atoms with van der Waals surface area (Å²) in [6.07, 6.45) is 5.68. The van der Waals surface area contributed by atoms with Gasteiger partial charge in [0.2, 0.25) is 0 Å². The Hall–Kier alpha value is -2.07. The van der Waals surface area contributed by atoms with Gasteiger partial charge in [0.15, 0.2) is 5.11 Å². The van der Waals surface area contributed by atoms with Gasteiger partial charge in [0.25, 0.3) is 0 Å². The van der Waals surface area contributed by atoms with Gasteiger partial charge in [-0.3, -0.25) is 0 Å². The van der Waals surface area contributed by atoms with Crippen molar-refractivity contribution < 1.29 is 0 Å². The molecule has 0 aromatic heterocycles. The van der Waals surface area contributed by atoms with E-state index in [0.717, 1.165) is 36.7 Å². The summed E-state index contributed by atoms with van der Waals surface area (Å²) in [5, 5.41) is 4.35. The summed E-state index contributed by atoms with van der Waals surface area (Å²) >= 11 is 5.89. The van der Waals surface area contributed by atoms with Crippen molar-refractivity contribution >= 4 is 28.7 Å². The Kier molecular flexibility index (Phi) is 8.15. The van der Waals surface area contributed by atoms with E-state index in [2.05, 4.69) is 85.3 Å². The molecule has 0 amide bonds. The number of anilines is 2. The first-order valence-electron chi connectivity index (χ1n) is 11.6. The molecule has 0 spiro atoms. The Balaban J connectivity index is 1.79. The van der Waals surface area contributed by atoms with Crippen molar-refractivity contribution in [3.05, 3.63) is 59.2 Å². The van der Waals surface area contributed by atoms with Gasteiger partial charge < -0.3 is 15.1 Å². The van der Waals surface area contributed by atoms with Crippen molar-refractivity contribution in [2.75, 3.05) is 23.3 Å². The summed E-state index contributed by atoms with van der Waals surface area (Å²) in [5.41, 5.74) is 6.69. The molecule has 1 heterocycles. The molecule has 3 rings (SSSR count). The maximum Gasteiger partial charge on any atom is 0.173 e. The largest absolute Gasteiger partial charge is 0.371 e. The van der Waals surface area contributed by atoms with E-state index in [-0.39, 0.29) is 0 Å². The zero-order chi connectivity index (χ0) is 21.5. The highest BCUT2D eigenvalue weighted by Gasteiger charge is 2.20. The van der Waals surface area contributed by atoms with Crippen LogP contribution < -0.4 is 10.2 Å². The minimum atomic E-state index is 0.381. The lowest BCUT2D eigenvalue weighted by atomic mass is 9.98. The molecule has 0 radical (unpaired) electrons. The topological polar surface area (TPSA) is 18.5 Å². The first-order chi connectivity index (χ1) is 14.6. The molecule has 3 nitrogen and oxygen atoms in total. The van der Waals surface area contributed by atoms with Gasteiger partial charge in [0, 0.05) is 37.1 Å². The van der Waals surface area contributed by atoms with Crippen molar-refractivity contribution in [1.29, 1.82) is 0 Å².